The molecule has 1 N–H and O–H groups in total. The highest BCUT2D eigenvalue weighted by atomic mass is 35.5. The number of ether oxygens (including phenoxy) is 1. The molecule has 0 aliphatic carbocycles. The van der Waals surface area contributed by atoms with Crippen LogP contribution < -0.4 is 10.1 Å². The number of carbonyl (C=O) groups excluding carboxylic acids is 1. The van der Waals surface area contributed by atoms with Crippen molar-refractivity contribution in [2.45, 2.75) is 6.61 Å². The molecule has 1 amide bonds. The van der Waals surface area contributed by atoms with Crippen LogP contribution in [-0.2, 0) is 11.4 Å². The predicted molar refractivity (Wildman–Crippen MR) is 126 cm³/mol. The molecule has 0 spiro atoms. The SMILES string of the molecule is O=C1NC(=Nc2ccc([N+](=O)[O-])cc2Cl)S/C1=C/c1cccc(OCc2ccccc2)c1. The van der Waals surface area contributed by atoms with E-state index in [4.69, 9.17) is 16.3 Å². The second kappa shape index (κ2) is 9.67. The number of nitrogens with one attached hydrogen (secondary N) is 1. The maximum atomic E-state index is 12.4. The first-order valence-corrected chi connectivity index (χ1v) is 10.7. The molecule has 160 valence electrons. The molecule has 7 nitrogen and oxygen atoms in total. The lowest BCUT2D eigenvalue weighted by Gasteiger charge is -2.07. The zero-order chi connectivity index (χ0) is 22.5. The van der Waals surface area contributed by atoms with Crippen molar-refractivity contribution >= 4 is 51.9 Å². The third-order valence-electron chi connectivity index (χ3n) is 4.42. The molecule has 1 saturated heterocycles. The lowest BCUT2D eigenvalue weighted by molar-refractivity contribution is -0.384. The van der Waals surface area contributed by atoms with Crippen molar-refractivity contribution in [3.63, 3.8) is 0 Å². The largest absolute Gasteiger partial charge is 0.489 e. The van der Waals surface area contributed by atoms with Gasteiger partial charge in [0.15, 0.2) is 5.17 Å². The summed E-state index contributed by atoms with van der Waals surface area (Å²) in [5.74, 6) is 0.403. The number of amides is 1. The molecular formula is C23H16ClN3O4S. The molecule has 0 saturated carbocycles. The first-order valence-electron chi connectivity index (χ1n) is 9.48. The van der Waals surface area contributed by atoms with Crippen LogP contribution in [-0.4, -0.2) is 16.0 Å². The summed E-state index contributed by atoms with van der Waals surface area (Å²) in [6.45, 7) is 0.447. The zero-order valence-electron chi connectivity index (χ0n) is 16.5. The maximum absolute atomic E-state index is 12.4. The minimum atomic E-state index is -0.534. The van der Waals surface area contributed by atoms with Crippen molar-refractivity contribution in [3.05, 3.63) is 104 Å². The first-order chi connectivity index (χ1) is 15.5. The van der Waals surface area contributed by atoms with Crippen LogP contribution in [0.4, 0.5) is 11.4 Å². The van der Waals surface area contributed by atoms with Crippen LogP contribution in [0.3, 0.4) is 0 Å². The lowest BCUT2D eigenvalue weighted by Crippen LogP contribution is -2.19. The summed E-state index contributed by atoms with van der Waals surface area (Å²) >= 11 is 7.24. The summed E-state index contributed by atoms with van der Waals surface area (Å²) < 4.78 is 5.84. The Morgan fingerprint density at radius 2 is 1.91 bits per heavy atom. The standard InChI is InChI=1S/C23H16ClN3O4S/c24-19-13-17(27(29)30)9-10-20(19)25-23-26-22(28)21(32-23)12-16-7-4-8-18(11-16)31-14-15-5-2-1-3-6-15/h1-13H,14H2,(H,25,26,28)/b21-12+. The van der Waals surface area contributed by atoms with E-state index in [1.54, 1.807) is 6.08 Å². The summed E-state index contributed by atoms with van der Waals surface area (Å²) in [7, 11) is 0. The number of amidine groups is 1. The van der Waals surface area contributed by atoms with Crippen LogP contribution in [0, 0.1) is 10.1 Å². The second-order valence-corrected chi connectivity index (χ2v) is 8.16. The van der Waals surface area contributed by atoms with E-state index in [9.17, 15) is 14.9 Å². The van der Waals surface area contributed by atoms with Crippen molar-refractivity contribution < 1.29 is 14.5 Å². The highest BCUT2D eigenvalue weighted by Gasteiger charge is 2.24. The van der Waals surface area contributed by atoms with E-state index in [1.165, 1.54) is 18.2 Å². The van der Waals surface area contributed by atoms with E-state index < -0.39 is 4.92 Å². The fourth-order valence-corrected chi connectivity index (χ4v) is 3.93. The predicted octanol–water partition coefficient (Wildman–Crippen LogP) is 5.72. The summed E-state index contributed by atoms with van der Waals surface area (Å²) in [4.78, 5) is 27.4. The van der Waals surface area contributed by atoms with Gasteiger partial charge in [-0.25, -0.2) is 4.99 Å². The van der Waals surface area contributed by atoms with Gasteiger partial charge in [-0.05, 0) is 47.2 Å². The Balaban J connectivity index is 1.48. The van der Waals surface area contributed by atoms with Crippen LogP contribution in [0.1, 0.15) is 11.1 Å². The minimum Gasteiger partial charge on any atom is -0.489 e. The Labute approximate surface area is 192 Å². The topological polar surface area (TPSA) is 93.8 Å². The number of benzene rings is 3. The highest BCUT2D eigenvalue weighted by Crippen LogP contribution is 2.33. The fourth-order valence-electron chi connectivity index (χ4n) is 2.88. The van der Waals surface area contributed by atoms with Crippen molar-refractivity contribution in [3.8, 4) is 5.75 Å². The van der Waals surface area contributed by atoms with Gasteiger partial charge in [0.25, 0.3) is 11.6 Å². The number of rotatable bonds is 6. The molecule has 1 aliphatic heterocycles. The van der Waals surface area contributed by atoms with Gasteiger partial charge in [-0.3, -0.25) is 14.9 Å². The van der Waals surface area contributed by atoms with E-state index in [1.807, 2.05) is 54.6 Å². The quantitative estimate of drug-likeness (QED) is 0.285. The maximum Gasteiger partial charge on any atom is 0.271 e. The number of nitro groups is 1. The Morgan fingerprint density at radius 1 is 1.09 bits per heavy atom. The summed E-state index contributed by atoms with van der Waals surface area (Å²) in [5, 5.41) is 14.0. The van der Waals surface area contributed by atoms with E-state index >= 15 is 0 Å². The number of halogens is 1. The van der Waals surface area contributed by atoms with Crippen molar-refractivity contribution in [1.29, 1.82) is 0 Å². The molecule has 0 atom stereocenters. The monoisotopic (exact) mass is 465 g/mol. The van der Waals surface area contributed by atoms with Crippen molar-refractivity contribution in [1.82, 2.24) is 5.32 Å². The normalized spacial score (nSPS) is 15.7. The molecule has 32 heavy (non-hydrogen) atoms. The summed E-state index contributed by atoms with van der Waals surface area (Å²) in [6, 6.07) is 21.3. The number of nitrogens with zero attached hydrogens (tertiary/aromatic N) is 2. The van der Waals surface area contributed by atoms with E-state index in [-0.39, 0.29) is 16.6 Å². The first kappa shape index (κ1) is 21.6. The minimum absolute atomic E-state index is 0.127. The zero-order valence-corrected chi connectivity index (χ0v) is 18.1. The van der Waals surface area contributed by atoms with Gasteiger partial charge in [-0.15, -0.1) is 0 Å². The molecule has 0 bridgehead atoms. The number of thioether (sulfide) groups is 1. The van der Waals surface area contributed by atoms with Crippen molar-refractivity contribution in [2.75, 3.05) is 0 Å². The molecule has 1 aliphatic rings. The molecule has 1 heterocycles. The Bertz CT molecular complexity index is 1240. The molecule has 0 unspecified atom stereocenters. The number of carbonyl (C=O) groups is 1. The van der Waals surface area contributed by atoms with Crippen LogP contribution in [0.5, 0.6) is 5.75 Å². The fraction of sp³-hybridized carbons (Fsp3) is 0.0435. The molecule has 0 radical (unpaired) electrons. The number of aliphatic imine (C=N–C) groups is 1. The molecule has 0 aromatic heterocycles. The van der Waals surface area contributed by atoms with Gasteiger partial charge in [0.05, 0.1) is 20.5 Å². The summed E-state index contributed by atoms with van der Waals surface area (Å²) in [5.41, 5.74) is 2.07. The Hall–Kier alpha value is -3.62. The number of hydrogen-bond acceptors (Lipinski definition) is 6. The van der Waals surface area contributed by atoms with E-state index in [2.05, 4.69) is 10.3 Å². The number of non-ortho nitro benzene ring substituents is 1. The van der Waals surface area contributed by atoms with Gasteiger partial charge >= 0.3 is 0 Å². The van der Waals surface area contributed by atoms with Gasteiger partial charge in [-0.1, -0.05) is 54.1 Å². The van der Waals surface area contributed by atoms with Gasteiger partial charge in [0, 0.05) is 12.1 Å². The average Bonchev–Trinajstić information content (AvgIpc) is 3.13. The van der Waals surface area contributed by atoms with Gasteiger partial charge in [-0.2, -0.15) is 0 Å². The highest BCUT2D eigenvalue weighted by molar-refractivity contribution is 8.18. The third-order valence-corrected chi connectivity index (χ3v) is 5.63. The molecular weight excluding hydrogens is 450 g/mol. The Kier molecular flexibility index (Phi) is 6.53. The van der Waals surface area contributed by atoms with Gasteiger partial charge in [0.1, 0.15) is 12.4 Å². The smallest absolute Gasteiger partial charge is 0.271 e. The van der Waals surface area contributed by atoms with E-state index in [0.29, 0.717) is 28.1 Å². The molecule has 9 heteroatoms. The average molecular weight is 466 g/mol. The van der Waals surface area contributed by atoms with Crippen LogP contribution >= 0.6 is 23.4 Å². The van der Waals surface area contributed by atoms with Crippen LogP contribution in [0.25, 0.3) is 6.08 Å². The number of hydrogen-bond donors (Lipinski definition) is 1. The van der Waals surface area contributed by atoms with E-state index in [0.717, 1.165) is 22.9 Å². The van der Waals surface area contributed by atoms with Crippen LogP contribution in [0.2, 0.25) is 5.02 Å². The third kappa shape index (κ3) is 5.35. The summed E-state index contributed by atoms with van der Waals surface area (Å²) in [6.07, 6.45) is 1.75. The van der Waals surface area contributed by atoms with Gasteiger partial charge in [0.2, 0.25) is 0 Å². The van der Waals surface area contributed by atoms with Gasteiger partial charge < -0.3 is 10.1 Å². The molecule has 4 rings (SSSR count). The Morgan fingerprint density at radius 3 is 2.66 bits per heavy atom. The molecule has 1 fully saturated rings. The molecule has 3 aromatic rings. The van der Waals surface area contributed by atoms with Crippen molar-refractivity contribution in [2.24, 2.45) is 4.99 Å². The second-order valence-electron chi connectivity index (χ2n) is 6.72. The van der Waals surface area contributed by atoms with Crippen LogP contribution in [0.15, 0.2) is 82.7 Å². The number of nitro benzene ring substituents is 1. The molecule has 3 aromatic carbocycles. The lowest BCUT2D eigenvalue weighted by atomic mass is 10.2.